The monoisotopic (exact) mass is 346 g/mol. The van der Waals surface area contributed by atoms with Gasteiger partial charge in [-0.05, 0) is 30.5 Å². The van der Waals surface area contributed by atoms with E-state index >= 15 is 0 Å². The molecule has 7 heteroatoms. The van der Waals surface area contributed by atoms with E-state index in [0.717, 1.165) is 42.9 Å². The molecule has 1 aliphatic rings. The molecule has 1 fully saturated rings. The van der Waals surface area contributed by atoms with Gasteiger partial charge in [-0.3, -0.25) is 9.00 Å². The van der Waals surface area contributed by atoms with Gasteiger partial charge in [-0.1, -0.05) is 12.1 Å². The Morgan fingerprint density at radius 1 is 1.38 bits per heavy atom. The van der Waals surface area contributed by atoms with Gasteiger partial charge in [0.2, 0.25) is 0 Å². The zero-order valence-electron chi connectivity index (χ0n) is 13.7. The van der Waals surface area contributed by atoms with E-state index in [0.29, 0.717) is 11.9 Å². The predicted octanol–water partition coefficient (Wildman–Crippen LogP) is 1.27. The molecule has 0 radical (unpaired) electrons. The second kappa shape index (κ2) is 7.72. The Morgan fingerprint density at radius 2 is 2.17 bits per heavy atom. The van der Waals surface area contributed by atoms with Crippen LogP contribution in [0.3, 0.4) is 0 Å². The van der Waals surface area contributed by atoms with Gasteiger partial charge < -0.3 is 15.2 Å². The van der Waals surface area contributed by atoms with Crippen LogP contribution in [0.15, 0.2) is 46.3 Å². The molecule has 0 saturated carbocycles. The molecule has 1 aliphatic heterocycles. The van der Waals surface area contributed by atoms with Gasteiger partial charge in [-0.25, -0.2) is 4.98 Å². The standard InChI is InChI=1S/C17H22N4O2S/c1-24(23)15-6-4-13(5-7-15)11-20-14-3-2-10-21(12-14)16-17(22)19-9-8-18-16/h4-9,14,20H,2-3,10-12H2,1H3,(H,19,22)/t14-,24-/m0/s1. The van der Waals surface area contributed by atoms with Crippen LogP contribution < -0.4 is 15.8 Å². The quantitative estimate of drug-likeness (QED) is 0.852. The lowest BCUT2D eigenvalue weighted by Gasteiger charge is -2.33. The summed E-state index contributed by atoms with van der Waals surface area (Å²) in [5, 5.41) is 3.55. The van der Waals surface area contributed by atoms with Crippen LogP contribution in [0.4, 0.5) is 5.82 Å². The number of aromatic amines is 1. The van der Waals surface area contributed by atoms with Crippen molar-refractivity contribution < 1.29 is 4.21 Å². The summed E-state index contributed by atoms with van der Waals surface area (Å²) in [5.41, 5.74) is 1.03. The molecule has 1 aromatic heterocycles. The minimum Gasteiger partial charge on any atom is -0.350 e. The van der Waals surface area contributed by atoms with Crippen molar-refractivity contribution in [3.63, 3.8) is 0 Å². The van der Waals surface area contributed by atoms with E-state index in [9.17, 15) is 9.00 Å². The first-order valence-corrected chi connectivity index (χ1v) is 9.63. The Bertz CT molecular complexity index is 760. The van der Waals surface area contributed by atoms with Gasteiger partial charge in [0.25, 0.3) is 5.56 Å². The van der Waals surface area contributed by atoms with E-state index in [1.54, 1.807) is 18.6 Å². The molecule has 6 nitrogen and oxygen atoms in total. The van der Waals surface area contributed by atoms with Crippen molar-refractivity contribution in [2.75, 3.05) is 24.2 Å². The highest BCUT2D eigenvalue weighted by molar-refractivity contribution is 7.84. The van der Waals surface area contributed by atoms with Crippen molar-refractivity contribution >= 4 is 16.6 Å². The van der Waals surface area contributed by atoms with Crippen LogP contribution in [0, 0.1) is 0 Å². The third-order valence-electron chi connectivity index (χ3n) is 4.26. The number of nitrogens with zero attached hydrogens (tertiary/aromatic N) is 2. The number of rotatable bonds is 5. The summed E-state index contributed by atoms with van der Waals surface area (Å²) in [4.78, 5) is 21.7. The molecule has 2 atom stereocenters. The smallest absolute Gasteiger partial charge is 0.290 e. The van der Waals surface area contributed by atoms with Crippen molar-refractivity contribution in [2.45, 2.75) is 30.3 Å². The summed E-state index contributed by atoms with van der Waals surface area (Å²) in [7, 11) is -0.940. The van der Waals surface area contributed by atoms with Gasteiger partial charge in [0.05, 0.1) is 0 Å². The third kappa shape index (κ3) is 4.10. The molecule has 3 rings (SSSR count). The van der Waals surface area contributed by atoms with Crippen molar-refractivity contribution in [3.8, 4) is 0 Å². The largest absolute Gasteiger partial charge is 0.350 e. The molecule has 0 unspecified atom stereocenters. The van der Waals surface area contributed by atoms with Gasteiger partial charge in [0.15, 0.2) is 5.82 Å². The summed E-state index contributed by atoms with van der Waals surface area (Å²) in [6.45, 7) is 2.39. The van der Waals surface area contributed by atoms with E-state index in [4.69, 9.17) is 0 Å². The van der Waals surface area contributed by atoms with E-state index in [1.165, 1.54) is 0 Å². The number of benzene rings is 1. The average Bonchev–Trinajstić information content (AvgIpc) is 2.61. The fourth-order valence-corrected chi connectivity index (χ4v) is 3.49. The fraction of sp³-hybridized carbons (Fsp3) is 0.412. The summed E-state index contributed by atoms with van der Waals surface area (Å²) in [6, 6.07) is 8.16. The highest BCUT2D eigenvalue weighted by Crippen LogP contribution is 2.15. The SMILES string of the molecule is C[S@](=O)c1ccc(CN[C@H]2CCCN(c3ncc[nH]c3=O)C2)cc1. The Balaban J connectivity index is 1.58. The third-order valence-corrected chi connectivity index (χ3v) is 5.20. The van der Waals surface area contributed by atoms with Crippen molar-refractivity contribution in [3.05, 3.63) is 52.6 Å². The zero-order chi connectivity index (χ0) is 16.9. The lowest BCUT2D eigenvalue weighted by molar-refractivity contribution is 0.419. The number of anilines is 1. The molecule has 2 aromatic rings. The molecule has 0 aliphatic carbocycles. The van der Waals surface area contributed by atoms with E-state index in [-0.39, 0.29) is 5.56 Å². The number of aromatic nitrogens is 2. The van der Waals surface area contributed by atoms with Crippen molar-refractivity contribution in [2.24, 2.45) is 0 Å². The molecule has 2 heterocycles. The van der Waals surface area contributed by atoms with Crippen LogP contribution in [-0.4, -0.2) is 39.6 Å². The lowest BCUT2D eigenvalue weighted by Crippen LogP contribution is -2.47. The number of nitrogens with one attached hydrogen (secondary N) is 2. The summed E-state index contributed by atoms with van der Waals surface area (Å²) in [5.74, 6) is 0.499. The Hall–Kier alpha value is -1.99. The zero-order valence-corrected chi connectivity index (χ0v) is 14.5. The molecule has 24 heavy (non-hydrogen) atoms. The van der Waals surface area contributed by atoms with Crippen molar-refractivity contribution in [1.29, 1.82) is 0 Å². The Morgan fingerprint density at radius 3 is 2.88 bits per heavy atom. The van der Waals surface area contributed by atoms with E-state index in [2.05, 4.69) is 15.3 Å². The Labute approximate surface area is 143 Å². The van der Waals surface area contributed by atoms with Crippen LogP contribution in [0.1, 0.15) is 18.4 Å². The van der Waals surface area contributed by atoms with Crippen LogP contribution in [0.2, 0.25) is 0 Å². The number of hydrogen-bond acceptors (Lipinski definition) is 5. The van der Waals surface area contributed by atoms with Crippen LogP contribution in [0.5, 0.6) is 0 Å². The molecule has 0 amide bonds. The number of hydrogen-bond donors (Lipinski definition) is 2. The normalized spacial score (nSPS) is 19.2. The molecule has 2 N–H and O–H groups in total. The maximum Gasteiger partial charge on any atom is 0.290 e. The van der Waals surface area contributed by atoms with Crippen molar-refractivity contribution in [1.82, 2.24) is 15.3 Å². The van der Waals surface area contributed by atoms with Crippen LogP contribution in [-0.2, 0) is 17.3 Å². The fourth-order valence-electron chi connectivity index (χ4n) is 2.97. The second-order valence-corrected chi connectivity index (χ2v) is 7.39. The highest BCUT2D eigenvalue weighted by Gasteiger charge is 2.22. The highest BCUT2D eigenvalue weighted by atomic mass is 32.2. The van der Waals surface area contributed by atoms with E-state index in [1.807, 2.05) is 29.2 Å². The first-order valence-electron chi connectivity index (χ1n) is 8.08. The van der Waals surface area contributed by atoms with Gasteiger partial charge >= 0.3 is 0 Å². The lowest BCUT2D eigenvalue weighted by atomic mass is 10.1. The predicted molar refractivity (Wildman–Crippen MR) is 95.7 cm³/mol. The van der Waals surface area contributed by atoms with Gasteiger partial charge in [-0.15, -0.1) is 0 Å². The summed E-state index contributed by atoms with van der Waals surface area (Å²) >= 11 is 0. The van der Waals surface area contributed by atoms with Gasteiger partial charge in [0.1, 0.15) is 0 Å². The van der Waals surface area contributed by atoms with Crippen LogP contribution in [0.25, 0.3) is 0 Å². The molecule has 0 spiro atoms. The van der Waals surface area contributed by atoms with Gasteiger partial charge in [-0.2, -0.15) is 0 Å². The molecular formula is C17H22N4O2S. The number of H-pyrrole nitrogens is 1. The minimum atomic E-state index is -0.940. The average molecular weight is 346 g/mol. The molecular weight excluding hydrogens is 324 g/mol. The van der Waals surface area contributed by atoms with E-state index < -0.39 is 10.8 Å². The first-order chi connectivity index (χ1) is 11.6. The topological polar surface area (TPSA) is 78.1 Å². The summed E-state index contributed by atoms with van der Waals surface area (Å²) in [6.07, 6.45) is 6.97. The maximum absolute atomic E-state index is 11.9. The number of piperidine rings is 1. The molecule has 1 saturated heterocycles. The summed E-state index contributed by atoms with van der Waals surface area (Å²) < 4.78 is 11.4. The maximum atomic E-state index is 11.9. The molecule has 128 valence electrons. The van der Waals surface area contributed by atoms with Gasteiger partial charge in [0, 0.05) is 60.0 Å². The molecule has 0 bridgehead atoms. The van der Waals surface area contributed by atoms with Crippen LogP contribution >= 0.6 is 0 Å². The first kappa shape index (κ1) is 16.9. The second-order valence-electron chi connectivity index (χ2n) is 6.01. The minimum absolute atomic E-state index is 0.138. The Kier molecular flexibility index (Phi) is 5.42. The molecule has 1 aromatic carbocycles.